The van der Waals surface area contributed by atoms with Crippen LogP contribution in [0.3, 0.4) is 0 Å². The predicted octanol–water partition coefficient (Wildman–Crippen LogP) is 2.59. The van der Waals surface area contributed by atoms with Crippen molar-refractivity contribution < 1.29 is 0 Å². The van der Waals surface area contributed by atoms with E-state index >= 15 is 0 Å². The van der Waals surface area contributed by atoms with Gasteiger partial charge in [-0.1, -0.05) is 6.07 Å². The summed E-state index contributed by atoms with van der Waals surface area (Å²) in [6, 6.07) is 8.44. The molecule has 3 nitrogen and oxygen atoms in total. The van der Waals surface area contributed by atoms with Crippen molar-refractivity contribution in [1.29, 1.82) is 5.26 Å². The van der Waals surface area contributed by atoms with Gasteiger partial charge in [0.25, 0.3) is 0 Å². The van der Waals surface area contributed by atoms with Crippen LogP contribution in [0, 0.1) is 18.3 Å². The Morgan fingerprint density at radius 1 is 1.44 bits per heavy atom. The van der Waals surface area contributed by atoms with Gasteiger partial charge in [-0.15, -0.1) is 0 Å². The number of aryl methyl sites for hydroxylation is 1. The molecule has 1 fully saturated rings. The maximum Gasteiger partial charge on any atom is 0.137 e. The molecule has 0 saturated heterocycles. The average molecular weight is 211 g/mol. The van der Waals surface area contributed by atoms with Crippen molar-refractivity contribution in [3.05, 3.63) is 35.8 Å². The first-order chi connectivity index (χ1) is 7.77. The molecule has 1 aliphatic carbocycles. The molecule has 2 aromatic heterocycles. The van der Waals surface area contributed by atoms with Crippen molar-refractivity contribution in [2.75, 3.05) is 0 Å². The van der Waals surface area contributed by atoms with Crippen LogP contribution in [0.25, 0.3) is 5.65 Å². The second kappa shape index (κ2) is 3.08. The number of hydrogen-bond acceptors (Lipinski definition) is 2. The van der Waals surface area contributed by atoms with E-state index in [2.05, 4.69) is 15.5 Å². The highest BCUT2D eigenvalue weighted by molar-refractivity contribution is 5.47. The number of nitrogens with zero attached hydrogens (tertiary/aromatic N) is 3. The van der Waals surface area contributed by atoms with Crippen LogP contribution in [0.1, 0.15) is 30.7 Å². The molecule has 2 heterocycles. The van der Waals surface area contributed by atoms with Gasteiger partial charge >= 0.3 is 0 Å². The summed E-state index contributed by atoms with van der Waals surface area (Å²) < 4.78 is 2.07. The van der Waals surface area contributed by atoms with E-state index in [1.165, 1.54) is 0 Å². The fourth-order valence-electron chi connectivity index (χ4n) is 2.62. The van der Waals surface area contributed by atoms with E-state index < -0.39 is 0 Å². The lowest BCUT2D eigenvalue weighted by atomic mass is 9.67. The fraction of sp³-hybridized carbons (Fsp3) is 0.385. The lowest BCUT2D eigenvalue weighted by Crippen LogP contribution is -2.34. The topological polar surface area (TPSA) is 41.1 Å². The van der Waals surface area contributed by atoms with E-state index in [1.54, 1.807) is 0 Å². The van der Waals surface area contributed by atoms with Crippen LogP contribution < -0.4 is 0 Å². The van der Waals surface area contributed by atoms with E-state index in [-0.39, 0.29) is 5.41 Å². The van der Waals surface area contributed by atoms with Crippen molar-refractivity contribution in [2.24, 2.45) is 0 Å². The largest absolute Gasteiger partial charge is 0.302 e. The standard InChI is InChI=1S/C13H13N3/c1-10-12(13(9-14)6-4-7-13)16-8-3-2-5-11(16)15-10/h2-3,5,8H,4,6-7H2,1H3. The molecule has 1 saturated carbocycles. The highest BCUT2D eigenvalue weighted by Gasteiger charge is 2.42. The van der Waals surface area contributed by atoms with Gasteiger partial charge in [-0.25, -0.2) is 4.98 Å². The van der Waals surface area contributed by atoms with E-state index in [4.69, 9.17) is 0 Å². The number of fused-ring (bicyclic) bond motifs is 1. The van der Waals surface area contributed by atoms with Crippen LogP contribution in [0.2, 0.25) is 0 Å². The molecule has 0 N–H and O–H groups in total. The van der Waals surface area contributed by atoms with Gasteiger partial charge in [-0.05, 0) is 38.3 Å². The molecule has 0 bridgehead atoms. The molecule has 0 aliphatic heterocycles. The average Bonchev–Trinajstić information content (AvgIpc) is 2.56. The highest BCUT2D eigenvalue weighted by Crippen LogP contribution is 2.44. The Kier molecular flexibility index (Phi) is 1.81. The van der Waals surface area contributed by atoms with Gasteiger partial charge in [0.05, 0.1) is 22.9 Å². The van der Waals surface area contributed by atoms with Crippen molar-refractivity contribution >= 4 is 5.65 Å². The van der Waals surface area contributed by atoms with Gasteiger partial charge in [-0.2, -0.15) is 5.26 Å². The van der Waals surface area contributed by atoms with Crippen LogP contribution in [-0.4, -0.2) is 9.38 Å². The molecule has 3 rings (SSSR count). The smallest absolute Gasteiger partial charge is 0.137 e. The van der Waals surface area contributed by atoms with Crippen molar-refractivity contribution in [3.8, 4) is 6.07 Å². The number of imidazole rings is 1. The molecule has 3 heteroatoms. The third kappa shape index (κ3) is 1.04. The van der Waals surface area contributed by atoms with E-state index in [0.717, 1.165) is 36.3 Å². The van der Waals surface area contributed by atoms with Gasteiger partial charge < -0.3 is 4.40 Å². The minimum absolute atomic E-state index is 0.287. The van der Waals surface area contributed by atoms with Crippen molar-refractivity contribution in [1.82, 2.24) is 9.38 Å². The van der Waals surface area contributed by atoms with E-state index in [0.29, 0.717) is 0 Å². The third-order valence-electron chi connectivity index (χ3n) is 3.58. The number of rotatable bonds is 1. The second-order valence-corrected chi connectivity index (χ2v) is 4.52. The monoisotopic (exact) mass is 211 g/mol. The predicted molar refractivity (Wildman–Crippen MR) is 61.1 cm³/mol. The molecular weight excluding hydrogens is 198 g/mol. The van der Waals surface area contributed by atoms with Crippen LogP contribution in [0.4, 0.5) is 0 Å². The van der Waals surface area contributed by atoms with Crippen LogP contribution in [0.5, 0.6) is 0 Å². The molecule has 16 heavy (non-hydrogen) atoms. The highest BCUT2D eigenvalue weighted by atomic mass is 15.0. The van der Waals surface area contributed by atoms with E-state index in [9.17, 15) is 5.26 Å². The Labute approximate surface area is 94.3 Å². The van der Waals surface area contributed by atoms with Gasteiger partial charge in [-0.3, -0.25) is 0 Å². The molecule has 80 valence electrons. The zero-order valence-corrected chi connectivity index (χ0v) is 9.27. The van der Waals surface area contributed by atoms with E-state index in [1.807, 2.05) is 31.3 Å². The first-order valence-corrected chi connectivity index (χ1v) is 5.62. The number of nitriles is 1. The van der Waals surface area contributed by atoms with Gasteiger partial charge in [0.2, 0.25) is 0 Å². The molecule has 0 spiro atoms. The number of aromatic nitrogens is 2. The summed E-state index contributed by atoms with van der Waals surface area (Å²) in [6.07, 6.45) is 5.08. The maximum absolute atomic E-state index is 9.40. The third-order valence-corrected chi connectivity index (χ3v) is 3.58. The van der Waals surface area contributed by atoms with Gasteiger partial charge in [0, 0.05) is 6.20 Å². The van der Waals surface area contributed by atoms with Gasteiger partial charge in [0.1, 0.15) is 5.65 Å². The summed E-state index contributed by atoms with van der Waals surface area (Å²) in [6.45, 7) is 2.00. The van der Waals surface area contributed by atoms with Crippen molar-refractivity contribution in [2.45, 2.75) is 31.6 Å². The molecule has 0 amide bonds. The number of pyridine rings is 1. The Morgan fingerprint density at radius 3 is 2.88 bits per heavy atom. The molecular formula is C13H13N3. The lowest BCUT2D eigenvalue weighted by Gasteiger charge is -2.35. The van der Waals surface area contributed by atoms with Crippen molar-refractivity contribution in [3.63, 3.8) is 0 Å². The summed E-state index contributed by atoms with van der Waals surface area (Å²) in [7, 11) is 0. The van der Waals surface area contributed by atoms with Crippen LogP contribution in [0.15, 0.2) is 24.4 Å². The first-order valence-electron chi connectivity index (χ1n) is 5.62. The summed E-state index contributed by atoms with van der Waals surface area (Å²) in [4.78, 5) is 4.52. The molecule has 0 unspecified atom stereocenters. The summed E-state index contributed by atoms with van der Waals surface area (Å²) in [5.41, 5.74) is 2.74. The summed E-state index contributed by atoms with van der Waals surface area (Å²) in [5, 5.41) is 9.40. The van der Waals surface area contributed by atoms with Crippen LogP contribution >= 0.6 is 0 Å². The Balaban J connectivity index is 2.31. The lowest BCUT2D eigenvalue weighted by molar-refractivity contribution is 0.313. The Hall–Kier alpha value is -1.82. The zero-order chi connectivity index (χ0) is 11.2. The molecule has 0 atom stereocenters. The minimum atomic E-state index is -0.287. The Bertz CT molecular complexity index is 585. The normalized spacial score (nSPS) is 18.0. The number of hydrogen-bond donors (Lipinski definition) is 0. The molecule has 0 radical (unpaired) electrons. The minimum Gasteiger partial charge on any atom is -0.302 e. The fourth-order valence-corrected chi connectivity index (χ4v) is 2.62. The molecule has 2 aromatic rings. The summed E-state index contributed by atoms with van der Waals surface area (Å²) in [5.74, 6) is 0. The quantitative estimate of drug-likeness (QED) is 0.727. The SMILES string of the molecule is Cc1nc2ccccn2c1C1(C#N)CCC1. The Morgan fingerprint density at radius 2 is 2.25 bits per heavy atom. The summed E-state index contributed by atoms with van der Waals surface area (Å²) >= 11 is 0. The first kappa shape index (κ1) is 9.41. The maximum atomic E-state index is 9.40. The molecule has 1 aliphatic rings. The second-order valence-electron chi connectivity index (χ2n) is 4.52. The zero-order valence-electron chi connectivity index (χ0n) is 9.27. The van der Waals surface area contributed by atoms with Gasteiger partial charge in [0.15, 0.2) is 0 Å². The van der Waals surface area contributed by atoms with Crippen LogP contribution in [-0.2, 0) is 5.41 Å². The molecule has 0 aromatic carbocycles.